The number of hydrogen-bond donors (Lipinski definition) is 1. The molecule has 236 valence electrons. The number of carbonyl (C=O) groups excluding carboxylic acids is 2. The van der Waals surface area contributed by atoms with Crippen LogP contribution in [0.15, 0.2) is 71.6 Å². The molecule has 2 amide bonds. The van der Waals surface area contributed by atoms with Crippen molar-refractivity contribution in [3.05, 3.63) is 82.3 Å². The number of carbonyl (C=O) groups is 2. The first-order chi connectivity index (χ1) is 21.0. The Bertz CT molecular complexity index is 1570. The molecule has 4 rings (SSSR count). The number of para-hydroxylation sites is 1. The normalized spacial score (nSPS) is 14.4. The minimum atomic E-state index is -4.29. The lowest BCUT2D eigenvalue weighted by molar-refractivity contribution is -0.139. The van der Waals surface area contributed by atoms with Crippen LogP contribution in [-0.4, -0.2) is 58.0 Å². The molecule has 1 saturated carbocycles. The average Bonchev–Trinajstić information content (AvgIpc) is 3.03. The molecule has 44 heavy (non-hydrogen) atoms. The van der Waals surface area contributed by atoms with Gasteiger partial charge in [0.05, 0.1) is 24.8 Å². The Morgan fingerprint density at radius 2 is 1.61 bits per heavy atom. The van der Waals surface area contributed by atoms with E-state index in [1.165, 1.54) is 37.3 Å². The van der Waals surface area contributed by atoms with Crippen LogP contribution in [0.2, 0.25) is 10.0 Å². The maximum atomic E-state index is 14.2. The van der Waals surface area contributed by atoms with Crippen LogP contribution >= 0.6 is 23.2 Å². The van der Waals surface area contributed by atoms with Crippen molar-refractivity contribution in [2.45, 2.75) is 62.6 Å². The number of methoxy groups -OCH3 is 2. The highest BCUT2D eigenvalue weighted by atomic mass is 35.5. The molecule has 3 aromatic carbocycles. The second kappa shape index (κ2) is 15.0. The van der Waals surface area contributed by atoms with E-state index in [4.69, 9.17) is 32.7 Å². The molecule has 1 aliphatic rings. The molecular formula is C32H37Cl2N3O6S. The van der Waals surface area contributed by atoms with Gasteiger partial charge in [0.1, 0.15) is 12.6 Å². The van der Waals surface area contributed by atoms with Crippen LogP contribution in [0.25, 0.3) is 0 Å². The second-order valence-electron chi connectivity index (χ2n) is 10.6. The molecular weight excluding hydrogens is 625 g/mol. The van der Waals surface area contributed by atoms with Crippen molar-refractivity contribution >= 4 is 50.7 Å². The van der Waals surface area contributed by atoms with E-state index in [0.29, 0.717) is 21.4 Å². The quantitative estimate of drug-likeness (QED) is 0.253. The highest BCUT2D eigenvalue weighted by Crippen LogP contribution is 2.32. The summed E-state index contributed by atoms with van der Waals surface area (Å²) in [5.74, 6) is -0.322. The SMILES string of the molecule is COc1ccc(S(=O)(=O)N(CC(=O)N(Cc2ccc(Cl)cc2Cl)C(C)C(=O)NC2CCCCC2)c2ccccc2)cc1OC. The number of rotatable bonds is 12. The Hall–Kier alpha value is -3.47. The van der Waals surface area contributed by atoms with Gasteiger partial charge in [0.15, 0.2) is 11.5 Å². The number of amides is 2. The van der Waals surface area contributed by atoms with Crippen molar-refractivity contribution in [3.8, 4) is 11.5 Å². The van der Waals surface area contributed by atoms with E-state index in [0.717, 1.165) is 36.4 Å². The predicted molar refractivity (Wildman–Crippen MR) is 172 cm³/mol. The number of nitrogens with zero attached hydrogens (tertiary/aromatic N) is 2. The first-order valence-electron chi connectivity index (χ1n) is 14.4. The third-order valence-electron chi connectivity index (χ3n) is 7.74. The van der Waals surface area contributed by atoms with Gasteiger partial charge in [0.2, 0.25) is 11.8 Å². The standard InChI is InChI=1S/C32H37Cl2N3O6S/c1-22(32(39)35-25-10-6-4-7-11-25)36(20-23-14-15-24(33)18-28(23)34)31(38)21-37(26-12-8-5-9-13-26)44(40,41)27-16-17-29(42-2)30(19-27)43-3/h5,8-9,12-19,22,25H,4,6-7,10-11,20-21H2,1-3H3,(H,35,39). The maximum Gasteiger partial charge on any atom is 0.264 e. The topological polar surface area (TPSA) is 105 Å². The number of benzene rings is 3. The fourth-order valence-corrected chi connectivity index (χ4v) is 7.11. The molecule has 1 fully saturated rings. The molecule has 1 unspecified atom stereocenters. The Balaban J connectivity index is 1.70. The van der Waals surface area contributed by atoms with Gasteiger partial charge in [-0.1, -0.05) is 66.7 Å². The molecule has 12 heteroatoms. The van der Waals surface area contributed by atoms with Crippen LogP contribution in [-0.2, 0) is 26.2 Å². The molecule has 1 N–H and O–H groups in total. The maximum absolute atomic E-state index is 14.2. The van der Waals surface area contributed by atoms with Crippen molar-refractivity contribution in [2.75, 3.05) is 25.1 Å². The van der Waals surface area contributed by atoms with Crippen molar-refractivity contribution in [1.29, 1.82) is 0 Å². The summed E-state index contributed by atoms with van der Waals surface area (Å²) in [7, 11) is -1.43. The van der Waals surface area contributed by atoms with Gasteiger partial charge in [0, 0.05) is 28.7 Å². The first kappa shape index (κ1) is 33.4. The fraction of sp³-hybridized carbons (Fsp3) is 0.375. The Morgan fingerprint density at radius 1 is 0.932 bits per heavy atom. The zero-order chi connectivity index (χ0) is 31.9. The van der Waals surface area contributed by atoms with Crippen molar-refractivity contribution in [2.24, 2.45) is 0 Å². The minimum absolute atomic E-state index is 0.0287. The van der Waals surface area contributed by atoms with E-state index in [-0.39, 0.29) is 34.8 Å². The molecule has 0 aliphatic heterocycles. The average molecular weight is 663 g/mol. The largest absolute Gasteiger partial charge is 0.493 e. The molecule has 9 nitrogen and oxygen atoms in total. The van der Waals surface area contributed by atoms with E-state index in [2.05, 4.69) is 5.32 Å². The highest BCUT2D eigenvalue weighted by molar-refractivity contribution is 7.92. The third-order valence-corrected chi connectivity index (χ3v) is 10.1. The van der Waals surface area contributed by atoms with Crippen LogP contribution in [0, 0.1) is 0 Å². The van der Waals surface area contributed by atoms with E-state index < -0.39 is 28.5 Å². The number of nitrogens with one attached hydrogen (secondary N) is 1. The molecule has 1 atom stereocenters. The fourth-order valence-electron chi connectivity index (χ4n) is 5.21. The molecule has 0 spiro atoms. The lowest BCUT2D eigenvalue weighted by Gasteiger charge is -2.33. The number of anilines is 1. The van der Waals surface area contributed by atoms with Gasteiger partial charge in [-0.05, 0) is 61.7 Å². The van der Waals surface area contributed by atoms with Crippen LogP contribution in [0.1, 0.15) is 44.6 Å². The number of halogens is 2. The highest BCUT2D eigenvalue weighted by Gasteiger charge is 2.34. The van der Waals surface area contributed by atoms with E-state index in [1.54, 1.807) is 55.5 Å². The summed E-state index contributed by atoms with van der Waals surface area (Å²) in [5.41, 5.74) is 0.843. The molecule has 3 aromatic rings. The Morgan fingerprint density at radius 3 is 2.25 bits per heavy atom. The van der Waals surface area contributed by atoms with E-state index in [9.17, 15) is 18.0 Å². The van der Waals surface area contributed by atoms with Crippen LogP contribution in [0.5, 0.6) is 11.5 Å². The summed E-state index contributed by atoms with van der Waals surface area (Å²) >= 11 is 12.6. The number of hydrogen-bond acceptors (Lipinski definition) is 6. The zero-order valence-electron chi connectivity index (χ0n) is 25.0. The molecule has 0 heterocycles. The summed E-state index contributed by atoms with van der Waals surface area (Å²) in [6.45, 7) is 1.02. The van der Waals surface area contributed by atoms with Gasteiger partial charge >= 0.3 is 0 Å². The summed E-state index contributed by atoms with van der Waals surface area (Å²) in [4.78, 5) is 28.9. The van der Waals surface area contributed by atoms with Gasteiger partial charge < -0.3 is 19.7 Å². The molecule has 1 aliphatic carbocycles. The summed E-state index contributed by atoms with van der Waals surface area (Å²) in [6.07, 6.45) is 4.94. The minimum Gasteiger partial charge on any atom is -0.493 e. The Labute approximate surface area is 269 Å². The molecule has 0 saturated heterocycles. The van der Waals surface area contributed by atoms with Gasteiger partial charge in [0.25, 0.3) is 10.0 Å². The van der Waals surface area contributed by atoms with Crippen molar-refractivity contribution in [3.63, 3.8) is 0 Å². The number of sulfonamides is 1. The molecule has 0 aromatic heterocycles. The smallest absolute Gasteiger partial charge is 0.264 e. The van der Waals surface area contributed by atoms with Crippen LogP contribution < -0.4 is 19.1 Å². The second-order valence-corrected chi connectivity index (χ2v) is 13.3. The third kappa shape index (κ3) is 7.97. The molecule has 0 radical (unpaired) electrons. The van der Waals surface area contributed by atoms with E-state index in [1.807, 2.05) is 0 Å². The van der Waals surface area contributed by atoms with Crippen LogP contribution in [0.4, 0.5) is 5.69 Å². The van der Waals surface area contributed by atoms with Crippen LogP contribution in [0.3, 0.4) is 0 Å². The lowest BCUT2D eigenvalue weighted by Crippen LogP contribution is -2.53. The lowest BCUT2D eigenvalue weighted by atomic mass is 9.95. The summed E-state index contributed by atoms with van der Waals surface area (Å²) in [6, 6.07) is 16.6. The van der Waals surface area contributed by atoms with Gasteiger partial charge in [-0.2, -0.15) is 0 Å². The zero-order valence-corrected chi connectivity index (χ0v) is 27.3. The van der Waals surface area contributed by atoms with Gasteiger partial charge in [-0.15, -0.1) is 0 Å². The summed E-state index contributed by atoms with van der Waals surface area (Å²) < 4.78 is 39.9. The van der Waals surface area contributed by atoms with E-state index >= 15 is 0 Å². The summed E-state index contributed by atoms with van der Waals surface area (Å²) in [5, 5.41) is 3.84. The monoisotopic (exact) mass is 661 g/mol. The van der Waals surface area contributed by atoms with Gasteiger partial charge in [-0.25, -0.2) is 8.42 Å². The first-order valence-corrected chi connectivity index (χ1v) is 16.6. The Kier molecular flexibility index (Phi) is 11.4. The predicted octanol–water partition coefficient (Wildman–Crippen LogP) is 6.07. The number of ether oxygens (including phenoxy) is 2. The van der Waals surface area contributed by atoms with Crippen molar-refractivity contribution in [1.82, 2.24) is 10.2 Å². The molecule has 0 bridgehead atoms. The van der Waals surface area contributed by atoms with Gasteiger partial charge in [-0.3, -0.25) is 13.9 Å². The van der Waals surface area contributed by atoms with Crippen molar-refractivity contribution < 1.29 is 27.5 Å².